The zero-order chi connectivity index (χ0) is 25.5. The summed E-state index contributed by atoms with van der Waals surface area (Å²) in [6.07, 6.45) is 9.14. The highest BCUT2D eigenvalue weighted by molar-refractivity contribution is 6.07. The van der Waals surface area contributed by atoms with Gasteiger partial charge in [-0.05, 0) is 30.8 Å². The third-order valence-corrected chi connectivity index (χ3v) is 6.61. The van der Waals surface area contributed by atoms with Gasteiger partial charge in [-0.2, -0.15) is 5.10 Å². The van der Waals surface area contributed by atoms with Crippen molar-refractivity contribution in [3.05, 3.63) is 78.4 Å². The molecule has 0 unspecified atom stereocenters. The van der Waals surface area contributed by atoms with E-state index >= 15 is 0 Å². The maximum Gasteiger partial charge on any atom is 0.257 e. The molecule has 1 aliphatic heterocycles. The number of amides is 2. The molecule has 0 aromatic carbocycles. The van der Waals surface area contributed by atoms with Crippen molar-refractivity contribution in [2.75, 3.05) is 38.5 Å². The number of aromatic amines is 1. The Bertz CT molecular complexity index is 1650. The van der Waals surface area contributed by atoms with E-state index in [4.69, 9.17) is 0 Å². The molecule has 0 atom stereocenters. The van der Waals surface area contributed by atoms with Crippen LogP contribution < -0.4 is 5.32 Å². The van der Waals surface area contributed by atoms with Gasteiger partial charge in [0.05, 0.1) is 40.9 Å². The summed E-state index contributed by atoms with van der Waals surface area (Å²) in [7, 11) is 2.05. The number of hydrogen-bond acceptors (Lipinski definition) is 6. The molecule has 11 heteroatoms. The highest BCUT2D eigenvalue weighted by atomic mass is 19.1. The number of halogens is 1. The van der Waals surface area contributed by atoms with E-state index in [9.17, 15) is 14.0 Å². The van der Waals surface area contributed by atoms with Crippen LogP contribution in [0.15, 0.2) is 61.4 Å². The fourth-order valence-corrected chi connectivity index (χ4v) is 4.54. The number of nitrogens with zero attached hydrogens (tertiary/aromatic N) is 6. The smallest absolute Gasteiger partial charge is 0.257 e. The summed E-state index contributed by atoms with van der Waals surface area (Å²) in [6.45, 7) is 3.03. The second kappa shape index (κ2) is 9.10. The first-order valence-corrected chi connectivity index (χ1v) is 11.8. The van der Waals surface area contributed by atoms with Crippen molar-refractivity contribution in [2.45, 2.75) is 0 Å². The van der Waals surface area contributed by atoms with E-state index in [0.29, 0.717) is 35.4 Å². The van der Waals surface area contributed by atoms with Gasteiger partial charge in [0.2, 0.25) is 0 Å². The molecule has 6 rings (SSSR count). The van der Waals surface area contributed by atoms with Crippen molar-refractivity contribution in [2.24, 2.45) is 0 Å². The number of aromatic nitrogens is 5. The third-order valence-electron chi connectivity index (χ3n) is 6.61. The van der Waals surface area contributed by atoms with Gasteiger partial charge in [0, 0.05) is 61.8 Å². The molecule has 0 bridgehead atoms. The van der Waals surface area contributed by atoms with Crippen LogP contribution >= 0.6 is 0 Å². The van der Waals surface area contributed by atoms with Gasteiger partial charge in [0.15, 0.2) is 0 Å². The lowest BCUT2D eigenvalue weighted by Gasteiger charge is -2.32. The van der Waals surface area contributed by atoms with Crippen molar-refractivity contribution < 1.29 is 14.0 Å². The molecule has 6 heterocycles. The predicted octanol–water partition coefficient (Wildman–Crippen LogP) is 3.05. The van der Waals surface area contributed by atoms with Crippen molar-refractivity contribution in [3.8, 4) is 11.1 Å². The standard InChI is InChI=1S/C26H23FN8O2/c1-33-4-6-34(7-5-33)26(37)22-15-31-35-3-2-16(9-23(22)35)21-14-30-24-20(21)8-17(11-29-24)25(36)32-19-10-18(27)12-28-13-19/h2-3,8-15H,4-7H2,1H3,(H,29,30)(H,32,36). The summed E-state index contributed by atoms with van der Waals surface area (Å²) < 4.78 is 15.1. The minimum atomic E-state index is -0.542. The van der Waals surface area contributed by atoms with E-state index in [-0.39, 0.29) is 11.6 Å². The summed E-state index contributed by atoms with van der Waals surface area (Å²) >= 11 is 0. The van der Waals surface area contributed by atoms with Crippen molar-refractivity contribution in [3.63, 3.8) is 0 Å². The number of fused-ring (bicyclic) bond motifs is 2. The highest BCUT2D eigenvalue weighted by Crippen LogP contribution is 2.30. The number of likely N-dealkylation sites (N-methyl/N-ethyl adjacent to an activating group) is 1. The Morgan fingerprint density at radius 3 is 2.70 bits per heavy atom. The van der Waals surface area contributed by atoms with Gasteiger partial charge in [0.1, 0.15) is 11.5 Å². The molecule has 186 valence electrons. The lowest BCUT2D eigenvalue weighted by Crippen LogP contribution is -2.47. The Kier molecular flexibility index (Phi) is 5.61. The number of H-pyrrole nitrogens is 1. The van der Waals surface area contributed by atoms with Crippen LogP contribution in [0.5, 0.6) is 0 Å². The molecule has 1 saturated heterocycles. The molecule has 5 aromatic heterocycles. The molecule has 0 radical (unpaired) electrons. The molecule has 0 saturated carbocycles. The first kappa shape index (κ1) is 22.8. The summed E-state index contributed by atoms with van der Waals surface area (Å²) in [5.74, 6) is -1.01. The third kappa shape index (κ3) is 4.29. The SMILES string of the molecule is CN1CCN(C(=O)c2cnn3ccc(-c4c[nH]c5ncc(C(=O)Nc6cncc(F)c6)cc45)cc23)CC1. The molecule has 5 aromatic rings. The van der Waals surface area contributed by atoms with Gasteiger partial charge in [-0.15, -0.1) is 0 Å². The Morgan fingerprint density at radius 2 is 1.89 bits per heavy atom. The van der Waals surface area contributed by atoms with Crippen LogP contribution in [0, 0.1) is 5.82 Å². The first-order valence-electron chi connectivity index (χ1n) is 11.8. The van der Waals surface area contributed by atoms with Crippen molar-refractivity contribution >= 4 is 34.1 Å². The first-order chi connectivity index (χ1) is 18.0. The van der Waals surface area contributed by atoms with E-state index in [2.05, 4.69) is 30.3 Å². The molecule has 2 N–H and O–H groups in total. The average Bonchev–Trinajstić information content (AvgIpc) is 3.52. The number of nitrogens with one attached hydrogen (secondary N) is 2. The molecular formula is C26H23FN8O2. The average molecular weight is 499 g/mol. The molecule has 1 fully saturated rings. The van der Waals surface area contributed by atoms with Gasteiger partial charge in [0.25, 0.3) is 11.8 Å². The molecule has 0 spiro atoms. The largest absolute Gasteiger partial charge is 0.346 e. The zero-order valence-electron chi connectivity index (χ0n) is 20.0. The van der Waals surface area contributed by atoms with Crippen LogP contribution in [0.3, 0.4) is 0 Å². The Hall–Kier alpha value is -4.64. The molecular weight excluding hydrogens is 475 g/mol. The van der Waals surface area contributed by atoms with Gasteiger partial charge in [-0.25, -0.2) is 13.9 Å². The number of hydrogen-bond donors (Lipinski definition) is 2. The molecule has 2 amide bonds. The molecule has 1 aliphatic rings. The minimum Gasteiger partial charge on any atom is -0.346 e. The van der Waals surface area contributed by atoms with Crippen molar-refractivity contribution in [1.29, 1.82) is 0 Å². The van der Waals surface area contributed by atoms with Crippen molar-refractivity contribution in [1.82, 2.24) is 34.4 Å². The van der Waals surface area contributed by atoms with Crippen LogP contribution in [-0.4, -0.2) is 79.4 Å². The topological polar surface area (TPSA) is 112 Å². The maximum atomic E-state index is 13.5. The Morgan fingerprint density at radius 1 is 1.05 bits per heavy atom. The number of anilines is 1. The van der Waals surface area contributed by atoms with Gasteiger partial charge >= 0.3 is 0 Å². The van der Waals surface area contributed by atoms with E-state index in [1.165, 1.54) is 18.5 Å². The summed E-state index contributed by atoms with van der Waals surface area (Å²) in [5.41, 5.74) is 4.11. The normalized spacial score (nSPS) is 14.4. The van der Waals surface area contributed by atoms with Crippen LogP contribution in [0.2, 0.25) is 0 Å². The van der Waals surface area contributed by atoms with E-state index in [1.807, 2.05) is 36.5 Å². The minimum absolute atomic E-state index is 0.0355. The number of pyridine rings is 3. The van der Waals surface area contributed by atoms with E-state index in [0.717, 1.165) is 35.8 Å². The number of rotatable bonds is 4. The predicted molar refractivity (Wildman–Crippen MR) is 136 cm³/mol. The Labute approximate surface area is 210 Å². The van der Waals surface area contributed by atoms with E-state index < -0.39 is 11.7 Å². The molecule has 0 aliphatic carbocycles. The molecule has 10 nitrogen and oxygen atoms in total. The zero-order valence-corrected chi connectivity index (χ0v) is 20.0. The van der Waals surface area contributed by atoms with Crippen LogP contribution in [-0.2, 0) is 0 Å². The molecule has 37 heavy (non-hydrogen) atoms. The summed E-state index contributed by atoms with van der Waals surface area (Å²) in [5, 5.41) is 7.75. The van der Waals surface area contributed by atoms with Crippen LogP contribution in [0.25, 0.3) is 27.7 Å². The van der Waals surface area contributed by atoms with Gasteiger partial charge in [-0.1, -0.05) is 0 Å². The maximum absolute atomic E-state index is 13.5. The van der Waals surface area contributed by atoms with Gasteiger partial charge < -0.3 is 20.1 Å². The number of carbonyl (C=O) groups is 2. The number of piperazine rings is 1. The van der Waals surface area contributed by atoms with E-state index in [1.54, 1.807) is 16.8 Å². The fraction of sp³-hybridized carbons (Fsp3) is 0.192. The van der Waals surface area contributed by atoms with Gasteiger partial charge in [-0.3, -0.25) is 14.6 Å². The quantitative estimate of drug-likeness (QED) is 0.394. The fourth-order valence-electron chi connectivity index (χ4n) is 4.54. The monoisotopic (exact) mass is 498 g/mol. The van der Waals surface area contributed by atoms with Crippen LogP contribution in [0.4, 0.5) is 10.1 Å². The van der Waals surface area contributed by atoms with Crippen LogP contribution in [0.1, 0.15) is 20.7 Å². The number of carbonyl (C=O) groups excluding carboxylic acids is 2. The Balaban J connectivity index is 1.33. The lowest BCUT2D eigenvalue weighted by atomic mass is 10.0. The lowest BCUT2D eigenvalue weighted by molar-refractivity contribution is 0.0666. The second-order valence-corrected chi connectivity index (χ2v) is 9.07. The second-order valence-electron chi connectivity index (χ2n) is 9.07. The summed E-state index contributed by atoms with van der Waals surface area (Å²) in [6, 6.07) is 6.75. The highest BCUT2D eigenvalue weighted by Gasteiger charge is 2.23. The summed E-state index contributed by atoms with van der Waals surface area (Å²) in [4.78, 5) is 41.4.